The van der Waals surface area contributed by atoms with E-state index in [9.17, 15) is 9.59 Å². The van der Waals surface area contributed by atoms with Gasteiger partial charge < -0.3 is 14.6 Å². The number of Topliss-reactive ketones (excluding diaryl/α,β-unsaturated/α-hetero) is 1. The van der Waals surface area contributed by atoms with Crippen LogP contribution in [0.3, 0.4) is 0 Å². The molecule has 0 aliphatic rings. The molecule has 128 valence electrons. The van der Waals surface area contributed by atoms with E-state index in [0.29, 0.717) is 11.1 Å². The predicted molar refractivity (Wildman–Crippen MR) is 98.3 cm³/mol. The minimum Gasteiger partial charge on any atom is -0.451 e. The van der Waals surface area contributed by atoms with Crippen LogP contribution in [-0.2, 0) is 4.74 Å². The molecule has 3 aromatic rings. The summed E-state index contributed by atoms with van der Waals surface area (Å²) in [6.45, 7) is 1.60. The minimum atomic E-state index is -0.866. The van der Waals surface area contributed by atoms with Gasteiger partial charge in [-0.2, -0.15) is 0 Å². The minimum absolute atomic E-state index is 0.227. The first-order chi connectivity index (χ1) is 12.0. The number of nitrogens with one attached hydrogen (secondary N) is 1. The van der Waals surface area contributed by atoms with E-state index >= 15 is 0 Å². The summed E-state index contributed by atoms with van der Waals surface area (Å²) in [6, 6.07) is 14.6. The van der Waals surface area contributed by atoms with E-state index in [-0.39, 0.29) is 5.78 Å². The lowest BCUT2D eigenvalue weighted by Gasteiger charge is -2.15. The average Bonchev–Trinajstić information content (AvgIpc) is 3.05. The Labute approximate surface area is 146 Å². The maximum absolute atomic E-state index is 12.7. The highest BCUT2D eigenvalue weighted by Gasteiger charge is 2.23. The molecule has 5 nitrogen and oxygen atoms in total. The number of carbonyl (C=O) groups excluding carboxylic acids is 2. The number of rotatable bonds is 5. The number of para-hydroxylation sites is 1. The smallest absolute Gasteiger partial charge is 0.338 e. The fourth-order valence-electron chi connectivity index (χ4n) is 2.69. The zero-order chi connectivity index (χ0) is 18.0. The Morgan fingerprint density at radius 1 is 1.08 bits per heavy atom. The van der Waals surface area contributed by atoms with E-state index in [0.717, 1.165) is 16.6 Å². The van der Waals surface area contributed by atoms with Crippen molar-refractivity contribution in [3.63, 3.8) is 0 Å². The number of anilines is 1. The lowest BCUT2D eigenvalue weighted by atomic mass is 10.1. The largest absolute Gasteiger partial charge is 0.451 e. The number of aromatic amines is 1. The quantitative estimate of drug-likeness (QED) is 0.570. The van der Waals surface area contributed by atoms with Crippen molar-refractivity contribution in [1.29, 1.82) is 0 Å². The van der Waals surface area contributed by atoms with Gasteiger partial charge in [0.05, 0.1) is 5.56 Å². The molecule has 2 aromatic carbocycles. The van der Waals surface area contributed by atoms with Crippen LogP contribution in [0.1, 0.15) is 27.6 Å². The number of ketones is 1. The van der Waals surface area contributed by atoms with E-state index < -0.39 is 12.1 Å². The molecule has 1 heterocycles. The Balaban J connectivity index is 1.77. The van der Waals surface area contributed by atoms with Crippen LogP contribution in [0.25, 0.3) is 10.9 Å². The molecule has 0 saturated heterocycles. The molecule has 0 radical (unpaired) electrons. The van der Waals surface area contributed by atoms with Crippen LogP contribution in [0.15, 0.2) is 54.7 Å². The molecule has 0 aliphatic carbocycles. The summed E-state index contributed by atoms with van der Waals surface area (Å²) in [6.07, 6.45) is 0.791. The van der Waals surface area contributed by atoms with Crippen molar-refractivity contribution in [1.82, 2.24) is 4.98 Å². The van der Waals surface area contributed by atoms with Crippen molar-refractivity contribution in [2.24, 2.45) is 0 Å². The highest BCUT2D eigenvalue weighted by molar-refractivity contribution is 6.10. The second kappa shape index (κ2) is 6.81. The molecule has 1 N–H and O–H groups in total. The molecule has 1 aromatic heterocycles. The van der Waals surface area contributed by atoms with E-state index in [2.05, 4.69) is 4.98 Å². The van der Waals surface area contributed by atoms with Crippen molar-refractivity contribution in [2.75, 3.05) is 19.0 Å². The SMILES string of the molecule is CC(OC(=O)c1cccc(N(C)C)c1)C(=O)c1c[nH]c2ccccc12. The van der Waals surface area contributed by atoms with Gasteiger partial charge in [-0.1, -0.05) is 24.3 Å². The molecule has 3 rings (SSSR count). The Hall–Kier alpha value is -3.08. The van der Waals surface area contributed by atoms with E-state index in [4.69, 9.17) is 4.74 Å². The van der Waals surface area contributed by atoms with Gasteiger partial charge in [0.1, 0.15) is 0 Å². The molecule has 0 spiro atoms. The van der Waals surface area contributed by atoms with Crippen LogP contribution in [0.5, 0.6) is 0 Å². The summed E-state index contributed by atoms with van der Waals surface area (Å²) < 4.78 is 5.38. The third kappa shape index (κ3) is 3.40. The first kappa shape index (κ1) is 16.8. The number of aromatic nitrogens is 1. The van der Waals surface area contributed by atoms with Crippen LogP contribution in [-0.4, -0.2) is 36.9 Å². The molecular weight excluding hydrogens is 316 g/mol. The number of hydrogen-bond acceptors (Lipinski definition) is 4. The fraction of sp³-hybridized carbons (Fsp3) is 0.200. The monoisotopic (exact) mass is 336 g/mol. The Morgan fingerprint density at radius 3 is 2.60 bits per heavy atom. The number of carbonyl (C=O) groups is 2. The number of hydrogen-bond donors (Lipinski definition) is 1. The maximum atomic E-state index is 12.7. The Bertz CT molecular complexity index is 927. The van der Waals surface area contributed by atoms with Crippen molar-refractivity contribution in [2.45, 2.75) is 13.0 Å². The first-order valence-electron chi connectivity index (χ1n) is 8.06. The highest BCUT2D eigenvalue weighted by Crippen LogP contribution is 2.21. The lowest BCUT2D eigenvalue weighted by Crippen LogP contribution is -2.24. The Morgan fingerprint density at radius 2 is 1.84 bits per heavy atom. The molecule has 25 heavy (non-hydrogen) atoms. The molecule has 1 unspecified atom stereocenters. The van der Waals surface area contributed by atoms with Crippen molar-refractivity contribution in [3.05, 3.63) is 65.9 Å². The average molecular weight is 336 g/mol. The van der Waals surface area contributed by atoms with Gasteiger partial charge in [-0.15, -0.1) is 0 Å². The molecule has 0 amide bonds. The summed E-state index contributed by atoms with van der Waals surface area (Å²) >= 11 is 0. The summed E-state index contributed by atoms with van der Waals surface area (Å²) in [5.74, 6) is -0.737. The van der Waals surface area contributed by atoms with Crippen molar-refractivity contribution >= 4 is 28.3 Å². The number of nitrogens with zero attached hydrogens (tertiary/aromatic N) is 1. The summed E-state index contributed by atoms with van der Waals surface area (Å²) in [5, 5.41) is 0.824. The number of ether oxygens (including phenoxy) is 1. The van der Waals surface area contributed by atoms with Gasteiger partial charge in [-0.3, -0.25) is 4.79 Å². The first-order valence-corrected chi connectivity index (χ1v) is 8.06. The van der Waals surface area contributed by atoms with Gasteiger partial charge >= 0.3 is 5.97 Å². The highest BCUT2D eigenvalue weighted by atomic mass is 16.5. The second-order valence-corrected chi connectivity index (χ2v) is 6.10. The molecular formula is C20H20N2O3. The van der Waals surface area contributed by atoms with Gasteiger partial charge in [0, 0.05) is 42.4 Å². The van der Waals surface area contributed by atoms with Crippen molar-refractivity contribution < 1.29 is 14.3 Å². The van der Waals surface area contributed by atoms with Gasteiger partial charge in [0.2, 0.25) is 5.78 Å². The molecule has 0 fully saturated rings. The van der Waals surface area contributed by atoms with Gasteiger partial charge in [-0.25, -0.2) is 4.79 Å². The molecule has 1 atom stereocenters. The third-order valence-electron chi connectivity index (χ3n) is 4.11. The van der Waals surface area contributed by atoms with Crippen molar-refractivity contribution in [3.8, 4) is 0 Å². The van der Waals surface area contributed by atoms with Crippen LogP contribution in [0.4, 0.5) is 5.69 Å². The summed E-state index contributed by atoms with van der Waals surface area (Å²) in [4.78, 5) is 30.0. The number of fused-ring (bicyclic) bond motifs is 1. The van der Waals surface area contributed by atoms with Crippen LogP contribution >= 0.6 is 0 Å². The predicted octanol–water partition coefficient (Wildman–Crippen LogP) is 3.66. The summed E-state index contributed by atoms with van der Waals surface area (Å²) in [5.41, 5.74) is 2.72. The lowest BCUT2D eigenvalue weighted by molar-refractivity contribution is 0.0319. The Kier molecular flexibility index (Phi) is 4.57. The van der Waals surface area contributed by atoms with Crippen LogP contribution < -0.4 is 4.90 Å². The maximum Gasteiger partial charge on any atom is 0.338 e. The third-order valence-corrected chi connectivity index (χ3v) is 4.11. The van der Waals surface area contributed by atoms with Gasteiger partial charge in [0.15, 0.2) is 6.10 Å². The second-order valence-electron chi connectivity index (χ2n) is 6.10. The van der Waals surface area contributed by atoms with Crippen LogP contribution in [0.2, 0.25) is 0 Å². The zero-order valence-corrected chi connectivity index (χ0v) is 14.4. The standard InChI is InChI=1S/C20H20N2O3/c1-13(19(23)17-12-21-18-10-5-4-9-16(17)18)25-20(24)14-7-6-8-15(11-14)22(2)3/h4-13,21H,1-3H3. The molecule has 5 heteroatoms. The van der Waals surface area contributed by atoms with Gasteiger partial charge in [-0.05, 0) is 31.2 Å². The summed E-state index contributed by atoms with van der Waals surface area (Å²) in [7, 11) is 3.79. The number of esters is 1. The van der Waals surface area contributed by atoms with E-state index in [1.165, 1.54) is 0 Å². The van der Waals surface area contributed by atoms with Gasteiger partial charge in [0.25, 0.3) is 0 Å². The number of benzene rings is 2. The topological polar surface area (TPSA) is 62.4 Å². The molecule has 0 saturated carbocycles. The fourth-order valence-corrected chi connectivity index (χ4v) is 2.69. The molecule has 0 aliphatic heterocycles. The van der Waals surface area contributed by atoms with E-state index in [1.807, 2.05) is 49.3 Å². The molecule has 0 bridgehead atoms. The number of H-pyrrole nitrogens is 1. The normalized spacial score (nSPS) is 12.0. The van der Waals surface area contributed by atoms with E-state index in [1.54, 1.807) is 31.3 Å². The zero-order valence-electron chi connectivity index (χ0n) is 14.4. The van der Waals surface area contributed by atoms with Crippen LogP contribution in [0, 0.1) is 0 Å².